The van der Waals surface area contributed by atoms with Crippen molar-refractivity contribution in [1.82, 2.24) is 0 Å². The van der Waals surface area contributed by atoms with Crippen molar-refractivity contribution in [2.24, 2.45) is 22.7 Å². The molecule has 6 heteroatoms. The van der Waals surface area contributed by atoms with Gasteiger partial charge < -0.3 is 19.7 Å². The van der Waals surface area contributed by atoms with Gasteiger partial charge in [-0.25, -0.2) is 4.79 Å². The molecule has 4 rings (SSSR count). The van der Waals surface area contributed by atoms with Crippen molar-refractivity contribution in [3.63, 3.8) is 0 Å². The van der Waals surface area contributed by atoms with Crippen molar-refractivity contribution in [2.45, 2.75) is 58.7 Å². The fourth-order valence-electron chi connectivity index (χ4n) is 6.46. The third-order valence-corrected chi connectivity index (χ3v) is 7.54. The highest BCUT2D eigenvalue weighted by Gasteiger charge is 2.68. The quantitative estimate of drug-likeness (QED) is 0.578. The molecule has 3 aliphatic carbocycles. The van der Waals surface area contributed by atoms with E-state index < -0.39 is 17.7 Å². The lowest BCUT2D eigenvalue weighted by atomic mass is 9.46. The number of hydrogen-bond donors (Lipinski definition) is 2. The maximum absolute atomic E-state index is 12.9. The monoisotopic (exact) mass is 414 g/mol. The molecular weight excluding hydrogens is 384 g/mol. The highest BCUT2D eigenvalue weighted by atomic mass is 16.5. The summed E-state index contributed by atoms with van der Waals surface area (Å²) < 4.78 is 10.9. The number of aldehydes is 1. The molecular formula is C24H30O6. The highest BCUT2D eigenvalue weighted by molar-refractivity contribution is 5.94. The minimum atomic E-state index is -0.995. The number of aryl methyl sites for hydroxylation is 1. The Morgan fingerprint density at radius 1 is 1.23 bits per heavy atom. The number of aliphatic hydroxyl groups is 1. The van der Waals surface area contributed by atoms with Gasteiger partial charge in [-0.3, -0.25) is 4.79 Å². The van der Waals surface area contributed by atoms with E-state index in [2.05, 4.69) is 20.8 Å². The van der Waals surface area contributed by atoms with Crippen molar-refractivity contribution < 1.29 is 29.3 Å². The van der Waals surface area contributed by atoms with Crippen LogP contribution in [-0.4, -0.2) is 41.3 Å². The van der Waals surface area contributed by atoms with E-state index in [1.54, 1.807) is 19.1 Å². The van der Waals surface area contributed by atoms with Gasteiger partial charge in [0, 0.05) is 12.0 Å². The minimum Gasteiger partial charge on any atom is -0.507 e. The Hall–Kier alpha value is -2.34. The van der Waals surface area contributed by atoms with Crippen molar-refractivity contribution in [3.05, 3.63) is 34.9 Å². The molecule has 1 aromatic carbocycles. The molecule has 0 spiro atoms. The molecule has 3 aliphatic rings. The molecule has 0 aromatic heterocycles. The lowest BCUT2D eigenvalue weighted by Crippen LogP contribution is -2.62. The van der Waals surface area contributed by atoms with Crippen LogP contribution in [0.1, 0.15) is 56.0 Å². The Morgan fingerprint density at radius 2 is 1.93 bits per heavy atom. The molecule has 2 fully saturated rings. The van der Waals surface area contributed by atoms with Crippen LogP contribution in [0.25, 0.3) is 0 Å². The van der Waals surface area contributed by atoms with Crippen LogP contribution in [0.15, 0.2) is 23.8 Å². The van der Waals surface area contributed by atoms with Crippen LogP contribution in [0.2, 0.25) is 0 Å². The molecule has 0 radical (unpaired) electrons. The number of esters is 1. The second-order valence-corrected chi connectivity index (χ2v) is 10.3. The molecule has 0 aliphatic heterocycles. The summed E-state index contributed by atoms with van der Waals surface area (Å²) >= 11 is 0. The van der Waals surface area contributed by atoms with Crippen LogP contribution in [0.3, 0.4) is 0 Å². The lowest BCUT2D eigenvalue weighted by molar-refractivity contribution is -0.163. The zero-order valence-electron chi connectivity index (χ0n) is 18.2. The fraction of sp³-hybridized carbons (Fsp3) is 0.583. The molecule has 0 heterocycles. The average molecular weight is 414 g/mol. The number of carbonyl (C=O) groups excluding carboxylic acids is 2. The predicted octanol–water partition coefficient (Wildman–Crippen LogP) is 3.57. The topological polar surface area (TPSA) is 93.1 Å². The number of phenolic OH excluding ortho intramolecular Hbond substituents is 1. The van der Waals surface area contributed by atoms with Gasteiger partial charge >= 0.3 is 5.97 Å². The summed E-state index contributed by atoms with van der Waals surface area (Å²) in [6, 6.07) is 3.05. The van der Waals surface area contributed by atoms with E-state index in [1.165, 1.54) is 13.2 Å². The molecule has 162 valence electrons. The zero-order chi connectivity index (χ0) is 22.1. The Labute approximate surface area is 176 Å². The lowest BCUT2D eigenvalue weighted by Gasteiger charge is -2.60. The third-order valence-electron chi connectivity index (χ3n) is 7.54. The first-order valence-corrected chi connectivity index (χ1v) is 10.4. The first-order valence-electron chi connectivity index (χ1n) is 10.4. The molecule has 0 bridgehead atoms. The van der Waals surface area contributed by atoms with Crippen molar-refractivity contribution in [3.8, 4) is 11.5 Å². The number of fused-ring (bicyclic) bond motifs is 3. The van der Waals surface area contributed by atoms with E-state index in [0.717, 1.165) is 12.7 Å². The van der Waals surface area contributed by atoms with Gasteiger partial charge in [0.25, 0.3) is 0 Å². The summed E-state index contributed by atoms with van der Waals surface area (Å²) in [5, 5.41) is 21.6. The summed E-state index contributed by atoms with van der Waals surface area (Å²) in [5.74, 6) is -0.587. The van der Waals surface area contributed by atoms with Gasteiger partial charge in [0.05, 0.1) is 12.7 Å². The van der Waals surface area contributed by atoms with Crippen molar-refractivity contribution in [2.75, 3.05) is 7.11 Å². The normalized spacial score (nSPS) is 36.1. The molecule has 2 N–H and O–H groups in total. The van der Waals surface area contributed by atoms with Crippen molar-refractivity contribution >= 4 is 12.3 Å². The zero-order valence-corrected chi connectivity index (χ0v) is 18.2. The van der Waals surface area contributed by atoms with E-state index in [0.29, 0.717) is 29.7 Å². The second kappa shape index (κ2) is 6.58. The minimum absolute atomic E-state index is 0.0137. The summed E-state index contributed by atoms with van der Waals surface area (Å²) in [4.78, 5) is 24.8. The van der Waals surface area contributed by atoms with E-state index in [9.17, 15) is 19.8 Å². The van der Waals surface area contributed by atoms with Crippen LogP contribution in [0.5, 0.6) is 11.5 Å². The predicted molar refractivity (Wildman–Crippen MR) is 110 cm³/mol. The highest BCUT2D eigenvalue weighted by Crippen LogP contribution is 2.68. The first-order chi connectivity index (χ1) is 13.9. The van der Waals surface area contributed by atoms with Gasteiger partial charge in [0.1, 0.15) is 29.5 Å². The van der Waals surface area contributed by atoms with Crippen LogP contribution in [-0.2, 0) is 9.53 Å². The Morgan fingerprint density at radius 3 is 2.53 bits per heavy atom. The maximum atomic E-state index is 12.9. The molecule has 5 atom stereocenters. The largest absolute Gasteiger partial charge is 0.507 e. The number of carbonyl (C=O) groups is 2. The molecule has 2 saturated carbocycles. The fourth-order valence-corrected chi connectivity index (χ4v) is 6.46. The van der Waals surface area contributed by atoms with Crippen LogP contribution in [0, 0.1) is 29.6 Å². The smallest absolute Gasteiger partial charge is 0.342 e. The molecule has 5 unspecified atom stereocenters. The molecule has 0 amide bonds. The summed E-state index contributed by atoms with van der Waals surface area (Å²) in [6.07, 6.45) is 4.09. The molecule has 0 saturated heterocycles. The SMILES string of the molecule is COc1cc(C)c(C(=O)OC2CC3(C)C2C(C=O)=CC2(O)CC(C)(C)CC23)c(O)c1. The van der Waals surface area contributed by atoms with Crippen molar-refractivity contribution in [1.29, 1.82) is 0 Å². The Kier molecular flexibility index (Phi) is 4.59. The van der Waals surface area contributed by atoms with Crippen LogP contribution >= 0.6 is 0 Å². The third kappa shape index (κ3) is 2.96. The van der Waals surface area contributed by atoms with Crippen LogP contribution in [0.4, 0.5) is 0 Å². The number of aromatic hydroxyl groups is 1. The maximum Gasteiger partial charge on any atom is 0.342 e. The van der Waals surface area contributed by atoms with Gasteiger partial charge in [0.2, 0.25) is 0 Å². The van der Waals surface area contributed by atoms with E-state index in [4.69, 9.17) is 9.47 Å². The molecule has 1 aromatic rings. The summed E-state index contributed by atoms with van der Waals surface area (Å²) in [6.45, 7) is 8.08. The van der Waals surface area contributed by atoms with Crippen LogP contribution < -0.4 is 4.74 Å². The number of phenols is 1. The van der Waals surface area contributed by atoms with E-state index in [-0.39, 0.29) is 34.0 Å². The average Bonchev–Trinajstić information content (AvgIpc) is 2.88. The van der Waals surface area contributed by atoms with Gasteiger partial charge in [-0.15, -0.1) is 0 Å². The second-order valence-electron chi connectivity index (χ2n) is 10.3. The number of rotatable bonds is 4. The van der Waals surface area contributed by atoms with Gasteiger partial charge in [0.15, 0.2) is 0 Å². The first kappa shape index (κ1) is 20.9. The van der Waals surface area contributed by atoms with Gasteiger partial charge in [-0.05, 0) is 66.2 Å². The number of ether oxygens (including phenoxy) is 2. The standard InChI is InChI=1S/C24H30O6/c1-13-6-15(29-5)7-16(26)19(13)21(27)30-17-9-23(4)18-10-22(2,3)12-24(18,28)8-14(11-25)20(17)23/h6-8,11,17-18,20,26,28H,9-10,12H2,1-5H3. The van der Waals surface area contributed by atoms with Gasteiger partial charge in [-0.1, -0.05) is 20.8 Å². The number of benzene rings is 1. The number of hydrogen-bond acceptors (Lipinski definition) is 6. The van der Waals surface area contributed by atoms with E-state index in [1.807, 2.05) is 0 Å². The molecule has 30 heavy (non-hydrogen) atoms. The molecule has 6 nitrogen and oxygen atoms in total. The summed E-state index contributed by atoms with van der Waals surface area (Å²) in [5.41, 5.74) is -0.153. The van der Waals surface area contributed by atoms with Gasteiger partial charge in [-0.2, -0.15) is 0 Å². The number of methoxy groups -OCH3 is 1. The Balaban J connectivity index is 1.61. The van der Waals surface area contributed by atoms with E-state index >= 15 is 0 Å². The Bertz CT molecular complexity index is 924. The summed E-state index contributed by atoms with van der Waals surface area (Å²) in [7, 11) is 1.49.